The number of aliphatic hydroxyl groups is 2. The van der Waals surface area contributed by atoms with Gasteiger partial charge in [-0.25, -0.2) is 4.79 Å². The fraction of sp³-hybridized carbons (Fsp3) is 0.650. The van der Waals surface area contributed by atoms with Crippen molar-refractivity contribution < 1.29 is 38.8 Å². The van der Waals surface area contributed by atoms with Gasteiger partial charge in [-0.05, 0) is 88.5 Å². The smallest absolute Gasteiger partial charge is 0.410 e. The molecule has 51 heavy (non-hydrogen) atoms. The second-order valence-electron chi connectivity index (χ2n) is 14.6. The number of fused-ring (bicyclic) bond motifs is 2. The molecule has 0 spiro atoms. The Morgan fingerprint density at radius 3 is 2.49 bits per heavy atom. The minimum absolute atomic E-state index is 0.0682. The molecule has 1 fully saturated rings. The highest BCUT2D eigenvalue weighted by Crippen LogP contribution is 2.62. The lowest BCUT2D eigenvalue weighted by molar-refractivity contribution is -0.255. The maximum absolute atomic E-state index is 13.9. The molecule has 1 amide bonds. The van der Waals surface area contributed by atoms with Crippen molar-refractivity contribution >= 4 is 23.4 Å². The summed E-state index contributed by atoms with van der Waals surface area (Å²) in [5.74, 6) is -0.122. The summed E-state index contributed by atoms with van der Waals surface area (Å²) in [6.45, 7) is 16.9. The highest BCUT2D eigenvalue weighted by molar-refractivity contribution is 6.18. The van der Waals surface area contributed by atoms with Crippen LogP contribution in [0, 0.1) is 17.8 Å². The molecule has 3 aliphatic rings. The van der Waals surface area contributed by atoms with Crippen LogP contribution in [0.25, 0.3) is 0 Å². The summed E-state index contributed by atoms with van der Waals surface area (Å²) >= 11 is 5.97. The van der Waals surface area contributed by atoms with E-state index in [9.17, 15) is 15.0 Å². The van der Waals surface area contributed by atoms with E-state index in [0.717, 1.165) is 42.5 Å². The zero-order valence-corrected chi connectivity index (χ0v) is 31.7. The molecule has 4 rings (SSSR count). The molecule has 10 nitrogen and oxygen atoms in total. The molecule has 2 aliphatic carbocycles. The van der Waals surface area contributed by atoms with Crippen LogP contribution in [0.15, 0.2) is 60.3 Å². The van der Waals surface area contributed by atoms with Gasteiger partial charge >= 0.3 is 6.09 Å². The summed E-state index contributed by atoms with van der Waals surface area (Å²) in [5, 5.41) is 24.4. The van der Waals surface area contributed by atoms with Gasteiger partial charge in [0, 0.05) is 37.7 Å². The van der Waals surface area contributed by atoms with Gasteiger partial charge < -0.3 is 34.0 Å². The number of aliphatic hydroxyl groups excluding tert-OH is 2. The van der Waals surface area contributed by atoms with Gasteiger partial charge in [0.15, 0.2) is 0 Å². The monoisotopic (exact) mass is 730 g/mol. The van der Waals surface area contributed by atoms with E-state index in [-0.39, 0.29) is 50.1 Å². The van der Waals surface area contributed by atoms with Gasteiger partial charge in [-0.3, -0.25) is 4.90 Å². The number of benzene rings is 1. The normalized spacial score (nSPS) is 25.9. The van der Waals surface area contributed by atoms with Gasteiger partial charge in [0.2, 0.25) is 5.79 Å². The molecule has 2 N–H and O–H groups in total. The third-order valence-corrected chi connectivity index (χ3v) is 9.97. The van der Waals surface area contributed by atoms with Crippen molar-refractivity contribution in [1.29, 1.82) is 0 Å². The van der Waals surface area contributed by atoms with Crippen molar-refractivity contribution in [3.63, 3.8) is 0 Å². The molecule has 1 saturated carbocycles. The number of amides is 1. The predicted octanol–water partition coefficient (Wildman–Crippen LogP) is 7.77. The first-order valence-corrected chi connectivity index (χ1v) is 19.1. The van der Waals surface area contributed by atoms with Crippen LogP contribution in [0.1, 0.15) is 90.5 Å². The summed E-state index contributed by atoms with van der Waals surface area (Å²) in [6, 6.07) is 5.24. The lowest BCUT2D eigenvalue weighted by Gasteiger charge is -2.60. The average molecular weight is 731 g/mol. The van der Waals surface area contributed by atoms with E-state index in [1.807, 2.05) is 39.8 Å². The van der Waals surface area contributed by atoms with Gasteiger partial charge in [0.1, 0.15) is 36.4 Å². The number of halogens is 1. The van der Waals surface area contributed by atoms with Crippen LogP contribution in [0.4, 0.5) is 4.79 Å². The van der Waals surface area contributed by atoms with Gasteiger partial charge in [-0.2, -0.15) is 0 Å². The summed E-state index contributed by atoms with van der Waals surface area (Å²) in [6.07, 6.45) is 11.0. The Kier molecular flexibility index (Phi) is 15.3. The number of oxime groups is 1. The average Bonchev–Trinajstić information content (AvgIpc) is 3.11. The van der Waals surface area contributed by atoms with Crippen LogP contribution in [0.2, 0.25) is 0 Å². The number of ether oxygens (including phenoxy) is 4. The third kappa shape index (κ3) is 9.69. The Hall–Kier alpha value is -3.05. The van der Waals surface area contributed by atoms with E-state index in [4.69, 9.17) is 40.5 Å². The first-order valence-electron chi connectivity index (χ1n) is 18.6. The third-order valence-electron chi connectivity index (χ3n) is 9.82. The number of alkyl halides is 1. The van der Waals surface area contributed by atoms with Crippen molar-refractivity contribution in [3.8, 4) is 11.5 Å². The van der Waals surface area contributed by atoms with Gasteiger partial charge in [-0.15, -0.1) is 18.2 Å². The number of carbonyl (C=O) groups excluding carboxylic acids is 1. The molecule has 11 heteroatoms. The van der Waals surface area contributed by atoms with E-state index in [2.05, 4.69) is 25.3 Å². The zero-order valence-electron chi connectivity index (χ0n) is 31.0. The van der Waals surface area contributed by atoms with Crippen LogP contribution >= 0.6 is 11.6 Å². The van der Waals surface area contributed by atoms with Gasteiger partial charge in [-0.1, -0.05) is 49.7 Å². The lowest BCUT2D eigenvalue weighted by Crippen LogP contribution is -2.70. The lowest BCUT2D eigenvalue weighted by atomic mass is 9.55. The van der Waals surface area contributed by atoms with Crippen molar-refractivity contribution in [2.75, 3.05) is 45.5 Å². The molecule has 1 aromatic carbocycles. The fourth-order valence-electron chi connectivity index (χ4n) is 7.91. The highest BCUT2D eigenvalue weighted by Gasteiger charge is 2.65. The van der Waals surface area contributed by atoms with Crippen molar-refractivity contribution in [1.82, 2.24) is 4.90 Å². The largest absolute Gasteiger partial charge is 0.490 e. The summed E-state index contributed by atoms with van der Waals surface area (Å²) in [4.78, 5) is 21.8. The predicted molar refractivity (Wildman–Crippen MR) is 201 cm³/mol. The van der Waals surface area contributed by atoms with Crippen molar-refractivity contribution in [2.24, 2.45) is 22.9 Å². The molecule has 0 saturated heterocycles. The van der Waals surface area contributed by atoms with Gasteiger partial charge in [0.05, 0.1) is 24.1 Å². The SMILES string of the molecule is C=CCOc1ccc2c(c1)C1C(CCCCO)C(CCCCO)C=C3C(=NOC(C)(C)C)CC(N(CCC)C(=O)OCCCl)C(OCC=C)(O2)C31. The number of nitrogens with zero attached hydrogens (tertiary/aromatic N) is 2. The minimum Gasteiger partial charge on any atom is -0.490 e. The fourth-order valence-corrected chi connectivity index (χ4v) is 7.99. The highest BCUT2D eigenvalue weighted by atomic mass is 35.5. The Bertz CT molecular complexity index is 1380. The second kappa shape index (κ2) is 19.1. The summed E-state index contributed by atoms with van der Waals surface area (Å²) in [5.41, 5.74) is 2.15. The molecule has 1 heterocycles. The zero-order chi connectivity index (χ0) is 37.0. The van der Waals surface area contributed by atoms with Crippen LogP contribution in [0.3, 0.4) is 0 Å². The van der Waals surface area contributed by atoms with E-state index in [1.54, 1.807) is 17.1 Å². The molecule has 0 bridgehead atoms. The van der Waals surface area contributed by atoms with Crippen LogP contribution in [-0.2, 0) is 14.3 Å². The quantitative estimate of drug-likeness (QED) is 0.0605. The first-order chi connectivity index (χ1) is 24.6. The number of allylic oxidation sites excluding steroid dienone is 1. The standard InChI is InChI=1S/C40H59ClN2O8/c1-7-19-43(38(46)48-24-18-41)35-27-33(42-51-39(4,5)6)31-25-28(14-10-12-20-44)30(15-11-13-21-45)36-32-26-29(47-22-8-2)16-17-34(32)50-40(35,37(31)36)49-23-9-3/h8-9,16-17,25-26,28,30,35-37,44-45H,2-3,7,10-15,18-24,27H2,1,4-6H3. The number of hydrogen-bond acceptors (Lipinski definition) is 9. The molecular formula is C40H59ClN2O8. The van der Waals surface area contributed by atoms with E-state index >= 15 is 0 Å². The number of rotatable bonds is 20. The van der Waals surface area contributed by atoms with Crippen LogP contribution in [0.5, 0.6) is 11.5 Å². The Labute approximate surface area is 309 Å². The molecule has 1 aromatic rings. The molecule has 1 aliphatic heterocycles. The number of hydrogen-bond donors (Lipinski definition) is 2. The number of carbonyl (C=O) groups is 1. The van der Waals surface area contributed by atoms with Crippen molar-refractivity contribution in [3.05, 3.63) is 60.7 Å². The molecule has 6 atom stereocenters. The Morgan fingerprint density at radius 1 is 1.12 bits per heavy atom. The maximum Gasteiger partial charge on any atom is 0.410 e. The van der Waals surface area contributed by atoms with E-state index < -0.39 is 29.4 Å². The molecule has 0 aromatic heterocycles. The first kappa shape index (κ1) is 40.7. The van der Waals surface area contributed by atoms with E-state index in [1.165, 1.54) is 0 Å². The summed E-state index contributed by atoms with van der Waals surface area (Å²) in [7, 11) is 0. The number of unbranched alkanes of at least 4 members (excludes halogenated alkanes) is 2. The van der Waals surface area contributed by atoms with Crippen LogP contribution in [-0.4, -0.2) is 89.8 Å². The molecule has 6 unspecified atom stereocenters. The Balaban J connectivity index is 2.05. The maximum atomic E-state index is 13.9. The molecule has 0 radical (unpaired) electrons. The second-order valence-corrected chi connectivity index (χ2v) is 15.0. The molecular weight excluding hydrogens is 672 g/mol. The summed E-state index contributed by atoms with van der Waals surface area (Å²) < 4.78 is 25.9. The minimum atomic E-state index is -1.34. The van der Waals surface area contributed by atoms with E-state index in [0.29, 0.717) is 50.3 Å². The Morgan fingerprint density at radius 2 is 1.84 bits per heavy atom. The van der Waals surface area contributed by atoms with Crippen molar-refractivity contribution in [2.45, 2.75) is 102 Å². The molecule has 284 valence electrons. The van der Waals surface area contributed by atoms with Gasteiger partial charge in [0.25, 0.3) is 0 Å². The van der Waals surface area contributed by atoms with Crippen LogP contribution < -0.4 is 9.47 Å². The topological polar surface area (TPSA) is 119 Å².